The molecular formula is C18H24N4OS. The lowest BCUT2D eigenvalue weighted by atomic mass is 10.2. The van der Waals surface area contributed by atoms with Crippen LogP contribution >= 0.6 is 11.8 Å². The van der Waals surface area contributed by atoms with Crippen molar-refractivity contribution in [1.82, 2.24) is 20.1 Å². The summed E-state index contributed by atoms with van der Waals surface area (Å²) in [6, 6.07) is 8.59. The van der Waals surface area contributed by atoms with Crippen LogP contribution in [-0.4, -0.2) is 32.0 Å². The third-order valence-corrected chi connectivity index (χ3v) is 5.48. The first-order valence-electron chi connectivity index (χ1n) is 8.50. The van der Waals surface area contributed by atoms with Gasteiger partial charge in [-0.15, -0.1) is 10.2 Å². The van der Waals surface area contributed by atoms with Gasteiger partial charge in [-0.2, -0.15) is 0 Å². The first-order chi connectivity index (χ1) is 11.5. The van der Waals surface area contributed by atoms with Crippen LogP contribution in [0.4, 0.5) is 0 Å². The van der Waals surface area contributed by atoms with E-state index < -0.39 is 0 Å². The van der Waals surface area contributed by atoms with E-state index in [1.54, 1.807) is 0 Å². The number of hydrogen-bond acceptors (Lipinski definition) is 4. The van der Waals surface area contributed by atoms with E-state index in [1.165, 1.54) is 30.2 Å². The van der Waals surface area contributed by atoms with Crippen LogP contribution in [0.2, 0.25) is 0 Å². The molecule has 1 fully saturated rings. The lowest BCUT2D eigenvalue weighted by molar-refractivity contribution is -0.120. The number of amides is 1. The zero-order valence-corrected chi connectivity index (χ0v) is 15.3. The Morgan fingerprint density at radius 3 is 2.54 bits per heavy atom. The van der Waals surface area contributed by atoms with Crippen LogP contribution in [0, 0.1) is 13.8 Å². The second-order valence-corrected chi connectivity index (χ2v) is 7.76. The van der Waals surface area contributed by atoms with E-state index in [0.717, 1.165) is 29.5 Å². The van der Waals surface area contributed by atoms with Crippen molar-refractivity contribution >= 4 is 17.7 Å². The number of aromatic nitrogens is 3. The van der Waals surface area contributed by atoms with Crippen LogP contribution in [0.1, 0.15) is 44.0 Å². The van der Waals surface area contributed by atoms with E-state index in [2.05, 4.69) is 46.7 Å². The van der Waals surface area contributed by atoms with Gasteiger partial charge in [-0.3, -0.25) is 9.36 Å². The molecule has 1 saturated carbocycles. The highest BCUT2D eigenvalue weighted by molar-refractivity contribution is 8.00. The Labute approximate surface area is 147 Å². The number of benzene rings is 1. The van der Waals surface area contributed by atoms with Crippen molar-refractivity contribution in [1.29, 1.82) is 0 Å². The fourth-order valence-electron chi connectivity index (χ4n) is 3.01. The molecule has 1 heterocycles. The number of nitrogens with one attached hydrogen (secondary N) is 1. The summed E-state index contributed by atoms with van der Waals surface area (Å²) in [6.45, 7) is 5.92. The van der Waals surface area contributed by atoms with Gasteiger partial charge in [0.1, 0.15) is 5.82 Å². The zero-order chi connectivity index (χ0) is 17.1. The molecule has 1 aliphatic rings. The maximum atomic E-state index is 12.4. The predicted octanol–water partition coefficient (Wildman–Crippen LogP) is 3.42. The third kappa shape index (κ3) is 3.80. The molecule has 1 N–H and O–H groups in total. The molecule has 24 heavy (non-hydrogen) atoms. The molecule has 1 aromatic carbocycles. The molecular weight excluding hydrogens is 320 g/mol. The van der Waals surface area contributed by atoms with Crippen LogP contribution in [0.3, 0.4) is 0 Å². The number of thioether (sulfide) groups is 1. The van der Waals surface area contributed by atoms with Crippen molar-refractivity contribution in [3.8, 4) is 5.69 Å². The third-order valence-electron chi connectivity index (χ3n) is 4.44. The first-order valence-corrected chi connectivity index (χ1v) is 9.38. The maximum absolute atomic E-state index is 12.4. The van der Waals surface area contributed by atoms with Gasteiger partial charge in [0.2, 0.25) is 5.91 Å². The van der Waals surface area contributed by atoms with Gasteiger partial charge >= 0.3 is 0 Å². The van der Waals surface area contributed by atoms with Crippen LogP contribution < -0.4 is 5.32 Å². The van der Waals surface area contributed by atoms with Gasteiger partial charge in [0.15, 0.2) is 5.16 Å². The lowest BCUT2D eigenvalue weighted by Crippen LogP contribution is -2.37. The SMILES string of the molecule is Cc1ccc(-n2c(C)nnc2S[C@@H](C)C(=O)NC2CCCC2)cc1. The van der Waals surface area contributed by atoms with E-state index in [4.69, 9.17) is 0 Å². The van der Waals surface area contributed by atoms with Gasteiger partial charge in [0, 0.05) is 11.7 Å². The molecule has 1 aliphatic carbocycles. The van der Waals surface area contributed by atoms with Crippen molar-refractivity contribution in [3.05, 3.63) is 35.7 Å². The van der Waals surface area contributed by atoms with Crippen LogP contribution in [0.5, 0.6) is 0 Å². The summed E-state index contributed by atoms with van der Waals surface area (Å²) in [4.78, 5) is 12.4. The second kappa shape index (κ2) is 7.38. The maximum Gasteiger partial charge on any atom is 0.233 e. The smallest absolute Gasteiger partial charge is 0.233 e. The Kier molecular flexibility index (Phi) is 5.23. The summed E-state index contributed by atoms with van der Waals surface area (Å²) in [5.41, 5.74) is 2.23. The molecule has 0 bridgehead atoms. The molecule has 0 radical (unpaired) electrons. The molecule has 3 rings (SSSR count). The number of carbonyl (C=O) groups is 1. The van der Waals surface area contributed by atoms with E-state index in [0.29, 0.717) is 6.04 Å². The summed E-state index contributed by atoms with van der Waals surface area (Å²) in [7, 11) is 0. The van der Waals surface area contributed by atoms with Gasteiger partial charge in [-0.1, -0.05) is 42.3 Å². The Balaban J connectivity index is 1.73. The molecule has 1 aromatic heterocycles. The lowest BCUT2D eigenvalue weighted by Gasteiger charge is -2.16. The van der Waals surface area contributed by atoms with Gasteiger partial charge < -0.3 is 5.32 Å². The van der Waals surface area contributed by atoms with Gasteiger partial charge in [0.25, 0.3) is 0 Å². The highest BCUT2D eigenvalue weighted by Crippen LogP contribution is 2.26. The Hall–Kier alpha value is -1.82. The molecule has 0 unspecified atom stereocenters. The number of nitrogens with zero attached hydrogens (tertiary/aromatic N) is 3. The molecule has 6 heteroatoms. The average Bonchev–Trinajstić information content (AvgIpc) is 3.19. The number of carbonyl (C=O) groups excluding carboxylic acids is 1. The molecule has 5 nitrogen and oxygen atoms in total. The number of hydrogen-bond donors (Lipinski definition) is 1. The van der Waals surface area contributed by atoms with Crippen molar-refractivity contribution in [2.24, 2.45) is 0 Å². The van der Waals surface area contributed by atoms with Crippen LogP contribution in [0.25, 0.3) is 5.69 Å². The second-order valence-electron chi connectivity index (χ2n) is 6.45. The molecule has 1 amide bonds. The highest BCUT2D eigenvalue weighted by atomic mass is 32.2. The van der Waals surface area contributed by atoms with Gasteiger partial charge in [0.05, 0.1) is 5.25 Å². The Morgan fingerprint density at radius 1 is 1.21 bits per heavy atom. The summed E-state index contributed by atoms with van der Waals surface area (Å²) in [5, 5.41) is 12.2. The average molecular weight is 344 g/mol. The normalized spacial score (nSPS) is 16.3. The van der Waals surface area contributed by atoms with Crippen LogP contribution in [-0.2, 0) is 4.79 Å². The summed E-state index contributed by atoms with van der Waals surface area (Å²) >= 11 is 1.46. The van der Waals surface area contributed by atoms with Crippen LogP contribution in [0.15, 0.2) is 29.4 Å². The van der Waals surface area contributed by atoms with Crippen molar-refractivity contribution in [2.75, 3.05) is 0 Å². The Bertz CT molecular complexity index is 704. The molecule has 0 aliphatic heterocycles. The summed E-state index contributed by atoms with van der Waals surface area (Å²) in [5.74, 6) is 0.910. The minimum atomic E-state index is -0.196. The predicted molar refractivity (Wildman–Crippen MR) is 96.6 cm³/mol. The minimum absolute atomic E-state index is 0.0861. The summed E-state index contributed by atoms with van der Waals surface area (Å²) < 4.78 is 2.00. The minimum Gasteiger partial charge on any atom is -0.352 e. The molecule has 1 atom stereocenters. The Morgan fingerprint density at radius 2 is 1.88 bits per heavy atom. The largest absolute Gasteiger partial charge is 0.352 e. The van der Waals surface area contributed by atoms with Crippen molar-refractivity contribution in [3.63, 3.8) is 0 Å². The standard InChI is InChI=1S/C18H24N4OS/c1-12-8-10-16(11-9-12)22-14(3)20-21-18(22)24-13(2)17(23)19-15-6-4-5-7-15/h8-11,13,15H,4-7H2,1-3H3,(H,19,23)/t13-/m0/s1. The molecule has 0 saturated heterocycles. The van der Waals surface area contributed by atoms with E-state index in [1.807, 2.05) is 18.4 Å². The first kappa shape index (κ1) is 17.0. The van der Waals surface area contributed by atoms with Gasteiger partial charge in [-0.25, -0.2) is 0 Å². The zero-order valence-electron chi connectivity index (χ0n) is 14.5. The fraction of sp³-hybridized carbons (Fsp3) is 0.500. The number of aryl methyl sites for hydroxylation is 2. The summed E-state index contributed by atoms with van der Waals surface area (Å²) in [6.07, 6.45) is 4.63. The van der Waals surface area contributed by atoms with E-state index >= 15 is 0 Å². The quantitative estimate of drug-likeness (QED) is 0.844. The highest BCUT2D eigenvalue weighted by Gasteiger charge is 2.23. The molecule has 0 spiro atoms. The monoisotopic (exact) mass is 344 g/mol. The molecule has 2 aromatic rings. The fourth-order valence-corrected chi connectivity index (χ4v) is 3.93. The topological polar surface area (TPSA) is 59.8 Å². The van der Waals surface area contributed by atoms with Crippen molar-refractivity contribution < 1.29 is 4.79 Å². The van der Waals surface area contributed by atoms with Crippen molar-refractivity contribution in [2.45, 2.75) is 62.9 Å². The van der Waals surface area contributed by atoms with E-state index in [9.17, 15) is 4.79 Å². The molecule has 128 valence electrons. The number of rotatable bonds is 5. The van der Waals surface area contributed by atoms with E-state index in [-0.39, 0.29) is 11.2 Å². The van der Waals surface area contributed by atoms with Gasteiger partial charge in [-0.05, 0) is 45.7 Å².